The van der Waals surface area contributed by atoms with Crippen LogP contribution in [-0.2, 0) is 14.8 Å². The number of para-hydroxylation sites is 2. The molecule has 0 spiro atoms. The lowest BCUT2D eigenvalue weighted by Gasteiger charge is -2.12. The maximum Gasteiger partial charge on any atom is 0.262 e. The molecule has 3 aromatic rings. The Morgan fingerprint density at radius 3 is 2.50 bits per heavy atom. The third kappa shape index (κ3) is 5.55. The molecule has 9 heteroatoms. The number of anilines is 2. The number of aromatic nitrogens is 1. The molecule has 0 fully saturated rings. The fraction of sp³-hybridized carbons (Fsp3) is 0.217. The molecule has 8 nitrogen and oxygen atoms in total. The Kier molecular flexibility index (Phi) is 7.32. The van der Waals surface area contributed by atoms with Crippen molar-refractivity contribution in [1.29, 1.82) is 0 Å². The van der Waals surface area contributed by atoms with Crippen LogP contribution in [0.1, 0.15) is 37.3 Å². The van der Waals surface area contributed by atoms with Crippen molar-refractivity contribution in [2.45, 2.75) is 32.1 Å². The van der Waals surface area contributed by atoms with Crippen molar-refractivity contribution in [3.63, 3.8) is 0 Å². The summed E-state index contributed by atoms with van der Waals surface area (Å²) in [6, 6.07) is 13.2. The van der Waals surface area contributed by atoms with E-state index in [0.717, 1.165) is 5.56 Å². The van der Waals surface area contributed by atoms with Gasteiger partial charge in [0.15, 0.2) is 5.76 Å². The summed E-state index contributed by atoms with van der Waals surface area (Å²) in [6.45, 7) is 5.75. The molecule has 0 radical (unpaired) electrons. The molecule has 1 amide bonds. The van der Waals surface area contributed by atoms with E-state index in [1.54, 1.807) is 62.4 Å². The molecule has 0 aliphatic heterocycles. The van der Waals surface area contributed by atoms with Crippen LogP contribution in [0.25, 0.3) is 12.2 Å². The zero-order valence-electron chi connectivity index (χ0n) is 18.1. The van der Waals surface area contributed by atoms with E-state index < -0.39 is 10.0 Å². The molecule has 0 aliphatic carbocycles. The minimum Gasteiger partial charge on any atom is -0.492 e. The molecular formula is C23H25N3O5S. The molecule has 1 aromatic heterocycles. The average molecular weight is 456 g/mol. The van der Waals surface area contributed by atoms with Crippen LogP contribution in [0.2, 0.25) is 0 Å². The minimum absolute atomic E-state index is 0.118. The van der Waals surface area contributed by atoms with Crippen molar-refractivity contribution in [2.75, 3.05) is 16.6 Å². The van der Waals surface area contributed by atoms with Gasteiger partial charge in [0.25, 0.3) is 10.0 Å². The Bertz CT molecular complexity index is 1210. The van der Waals surface area contributed by atoms with Gasteiger partial charge < -0.3 is 14.6 Å². The predicted octanol–water partition coefficient (Wildman–Crippen LogP) is 4.70. The fourth-order valence-corrected chi connectivity index (χ4v) is 3.92. The van der Waals surface area contributed by atoms with Gasteiger partial charge in [-0.2, -0.15) is 0 Å². The SMILES string of the molecule is CCOc1ccccc1NS(=O)(=O)c1ccc(/C=C\c2onc(C)c2NC(=O)CC)cc1. The zero-order valence-corrected chi connectivity index (χ0v) is 18.9. The smallest absolute Gasteiger partial charge is 0.262 e. The van der Waals surface area contributed by atoms with Crippen LogP contribution < -0.4 is 14.8 Å². The van der Waals surface area contributed by atoms with E-state index in [2.05, 4.69) is 15.2 Å². The predicted molar refractivity (Wildman–Crippen MR) is 124 cm³/mol. The first-order valence-electron chi connectivity index (χ1n) is 10.1. The number of carbonyl (C=O) groups excluding carboxylic acids is 1. The van der Waals surface area contributed by atoms with Crippen molar-refractivity contribution in [3.8, 4) is 5.75 Å². The topological polar surface area (TPSA) is 111 Å². The molecule has 2 aromatic carbocycles. The number of ether oxygens (including phenoxy) is 1. The Morgan fingerprint density at radius 2 is 1.81 bits per heavy atom. The normalized spacial score (nSPS) is 11.5. The van der Waals surface area contributed by atoms with Crippen LogP contribution in [0.5, 0.6) is 5.75 Å². The van der Waals surface area contributed by atoms with E-state index in [4.69, 9.17) is 9.26 Å². The number of rotatable bonds is 9. The molecule has 2 N–H and O–H groups in total. The molecule has 0 saturated carbocycles. The average Bonchev–Trinajstić information content (AvgIpc) is 3.13. The second kappa shape index (κ2) is 10.1. The van der Waals surface area contributed by atoms with Gasteiger partial charge in [0.1, 0.15) is 17.1 Å². The lowest BCUT2D eigenvalue weighted by Crippen LogP contribution is -2.13. The highest BCUT2D eigenvalue weighted by molar-refractivity contribution is 7.92. The lowest BCUT2D eigenvalue weighted by molar-refractivity contribution is -0.115. The molecule has 1 heterocycles. The van der Waals surface area contributed by atoms with Gasteiger partial charge in [0, 0.05) is 6.42 Å². The number of nitrogens with zero attached hydrogens (tertiary/aromatic N) is 1. The summed E-state index contributed by atoms with van der Waals surface area (Å²) in [7, 11) is -3.79. The molecule has 0 saturated heterocycles. The van der Waals surface area contributed by atoms with Crippen molar-refractivity contribution in [3.05, 3.63) is 65.5 Å². The lowest BCUT2D eigenvalue weighted by atomic mass is 10.2. The monoisotopic (exact) mass is 455 g/mol. The Hall–Kier alpha value is -3.59. The fourth-order valence-electron chi connectivity index (χ4n) is 2.85. The van der Waals surface area contributed by atoms with Crippen molar-refractivity contribution < 1.29 is 22.5 Å². The van der Waals surface area contributed by atoms with E-state index in [-0.39, 0.29) is 10.8 Å². The highest BCUT2D eigenvalue weighted by atomic mass is 32.2. The molecule has 32 heavy (non-hydrogen) atoms. The second-order valence-electron chi connectivity index (χ2n) is 6.85. The third-order valence-corrected chi connectivity index (χ3v) is 5.90. The van der Waals surface area contributed by atoms with Crippen molar-refractivity contribution in [1.82, 2.24) is 5.16 Å². The first-order chi connectivity index (χ1) is 15.3. The Morgan fingerprint density at radius 1 is 1.09 bits per heavy atom. The molecular weight excluding hydrogens is 430 g/mol. The van der Waals surface area contributed by atoms with Gasteiger partial charge in [-0.25, -0.2) is 8.42 Å². The van der Waals surface area contributed by atoms with Gasteiger partial charge in [-0.1, -0.05) is 42.4 Å². The van der Waals surface area contributed by atoms with Crippen LogP contribution in [-0.4, -0.2) is 26.1 Å². The standard InChI is InChI=1S/C23H25N3O5S/c1-4-22(27)24-23-16(3)25-31-21(23)15-12-17-10-13-18(14-11-17)32(28,29)26-19-8-6-7-9-20(19)30-5-2/h6-15,26H,4-5H2,1-3H3,(H,24,27)/b15-12-. The van der Waals surface area contributed by atoms with E-state index in [9.17, 15) is 13.2 Å². The number of nitrogens with one attached hydrogen (secondary N) is 2. The number of benzene rings is 2. The number of hydrogen-bond donors (Lipinski definition) is 2. The zero-order chi connectivity index (χ0) is 23.1. The molecule has 0 aliphatic rings. The van der Waals surface area contributed by atoms with Crippen LogP contribution in [0.4, 0.5) is 11.4 Å². The van der Waals surface area contributed by atoms with Gasteiger partial charge in [-0.15, -0.1) is 0 Å². The van der Waals surface area contributed by atoms with Gasteiger partial charge in [-0.05, 0) is 49.8 Å². The largest absolute Gasteiger partial charge is 0.492 e. The molecule has 0 unspecified atom stereocenters. The van der Waals surface area contributed by atoms with E-state index in [1.807, 2.05) is 6.92 Å². The number of carbonyl (C=O) groups is 1. The summed E-state index contributed by atoms with van der Waals surface area (Å²) in [5.41, 5.74) is 2.22. The summed E-state index contributed by atoms with van der Waals surface area (Å²) in [5.74, 6) is 0.737. The van der Waals surface area contributed by atoms with Crippen LogP contribution in [0.15, 0.2) is 57.9 Å². The van der Waals surface area contributed by atoms with Gasteiger partial charge in [0.05, 0.1) is 17.2 Å². The molecule has 168 valence electrons. The van der Waals surface area contributed by atoms with Crippen LogP contribution in [0.3, 0.4) is 0 Å². The summed E-state index contributed by atoms with van der Waals surface area (Å²) in [6.07, 6.45) is 3.76. The maximum absolute atomic E-state index is 12.8. The van der Waals surface area contributed by atoms with Crippen molar-refractivity contribution >= 4 is 39.5 Å². The first kappa shape index (κ1) is 23.1. The summed E-state index contributed by atoms with van der Waals surface area (Å²) in [5, 5.41) is 6.65. The third-order valence-electron chi connectivity index (χ3n) is 4.52. The molecule has 0 bridgehead atoms. The van der Waals surface area contributed by atoms with E-state index >= 15 is 0 Å². The molecule has 3 rings (SSSR count). The maximum atomic E-state index is 12.8. The van der Waals surface area contributed by atoms with Gasteiger partial charge in [0.2, 0.25) is 5.91 Å². The second-order valence-corrected chi connectivity index (χ2v) is 8.53. The molecule has 0 atom stereocenters. The quantitative estimate of drug-likeness (QED) is 0.484. The number of amides is 1. The summed E-state index contributed by atoms with van der Waals surface area (Å²) in [4.78, 5) is 11.8. The number of sulfonamides is 1. The summed E-state index contributed by atoms with van der Waals surface area (Å²) >= 11 is 0. The number of aryl methyl sites for hydroxylation is 1. The van der Waals surface area contributed by atoms with Crippen LogP contribution in [0, 0.1) is 6.92 Å². The summed E-state index contributed by atoms with van der Waals surface area (Å²) < 4.78 is 38.9. The van der Waals surface area contributed by atoms with Crippen molar-refractivity contribution in [2.24, 2.45) is 0 Å². The van der Waals surface area contributed by atoms with Gasteiger partial charge in [-0.3, -0.25) is 9.52 Å². The van der Waals surface area contributed by atoms with Crippen LogP contribution >= 0.6 is 0 Å². The van der Waals surface area contributed by atoms with E-state index in [0.29, 0.717) is 41.6 Å². The first-order valence-corrected chi connectivity index (χ1v) is 11.6. The Balaban J connectivity index is 1.76. The van der Waals surface area contributed by atoms with Gasteiger partial charge >= 0.3 is 0 Å². The Labute approximate surface area is 187 Å². The minimum atomic E-state index is -3.79. The highest BCUT2D eigenvalue weighted by Gasteiger charge is 2.16. The number of hydrogen-bond acceptors (Lipinski definition) is 6. The highest BCUT2D eigenvalue weighted by Crippen LogP contribution is 2.27. The van der Waals surface area contributed by atoms with E-state index in [1.165, 1.54) is 12.1 Å².